The lowest BCUT2D eigenvalue weighted by atomic mass is 10.1. The Kier molecular flexibility index (Phi) is 5.50. The average molecular weight is 475 g/mol. The largest absolute Gasteiger partial charge is 0.496 e. The van der Waals surface area contributed by atoms with Gasteiger partial charge >= 0.3 is 0 Å². The molecule has 2 aromatic carbocycles. The maximum atomic E-state index is 12.8. The zero-order chi connectivity index (χ0) is 22.3. The van der Waals surface area contributed by atoms with Gasteiger partial charge in [-0.25, -0.2) is 8.42 Å². The van der Waals surface area contributed by atoms with Crippen LogP contribution in [0.2, 0.25) is 0 Å². The van der Waals surface area contributed by atoms with Crippen molar-refractivity contribution in [2.24, 2.45) is 4.99 Å². The van der Waals surface area contributed by atoms with Crippen LogP contribution in [0.25, 0.3) is 0 Å². The fraction of sp³-hybridized carbons (Fsp3) is 0.364. The zero-order valence-corrected chi connectivity index (χ0v) is 19.0. The summed E-state index contributed by atoms with van der Waals surface area (Å²) in [5, 5.41) is 0.430. The molecule has 168 valence electrons. The van der Waals surface area contributed by atoms with Gasteiger partial charge in [-0.3, -0.25) is 4.79 Å². The number of rotatable bonds is 5. The summed E-state index contributed by atoms with van der Waals surface area (Å²) in [6.07, 6.45) is 0.111. The first-order valence-corrected chi connectivity index (χ1v) is 12.9. The van der Waals surface area contributed by atoms with Gasteiger partial charge in [-0.15, -0.1) is 0 Å². The second-order valence-corrected chi connectivity index (χ2v) is 11.3. The van der Waals surface area contributed by atoms with E-state index in [1.807, 2.05) is 41.3 Å². The van der Waals surface area contributed by atoms with Crippen LogP contribution in [0.5, 0.6) is 17.2 Å². The van der Waals surface area contributed by atoms with E-state index in [4.69, 9.17) is 14.2 Å². The molecule has 0 spiro atoms. The highest BCUT2D eigenvalue weighted by Crippen LogP contribution is 2.40. The highest BCUT2D eigenvalue weighted by molar-refractivity contribution is 8.15. The minimum Gasteiger partial charge on any atom is -0.496 e. The van der Waals surface area contributed by atoms with Gasteiger partial charge in [-0.1, -0.05) is 36.0 Å². The van der Waals surface area contributed by atoms with Crippen molar-refractivity contribution in [1.29, 1.82) is 0 Å². The van der Waals surface area contributed by atoms with Crippen molar-refractivity contribution in [3.8, 4) is 17.2 Å². The summed E-state index contributed by atoms with van der Waals surface area (Å²) in [5.74, 6) is 1.85. The van der Waals surface area contributed by atoms with Crippen LogP contribution < -0.4 is 14.2 Å². The number of methoxy groups -OCH3 is 1. The fourth-order valence-corrected chi connectivity index (χ4v) is 8.18. The third-order valence-corrected chi connectivity index (χ3v) is 8.97. The number of carbonyl (C=O) groups excluding carboxylic acids is 1. The Hall–Kier alpha value is -2.72. The van der Waals surface area contributed by atoms with E-state index in [9.17, 15) is 13.2 Å². The molecule has 2 saturated heterocycles. The minimum absolute atomic E-state index is 0.0644. The number of nitrogens with zero attached hydrogens (tertiary/aromatic N) is 2. The molecular formula is C22H22N2O6S2. The van der Waals surface area contributed by atoms with Crippen LogP contribution in [0, 0.1) is 0 Å². The summed E-state index contributed by atoms with van der Waals surface area (Å²) < 4.78 is 40.6. The Morgan fingerprint density at radius 2 is 2.00 bits per heavy atom. The van der Waals surface area contributed by atoms with Crippen LogP contribution >= 0.6 is 11.8 Å². The van der Waals surface area contributed by atoms with Crippen LogP contribution in [0.3, 0.4) is 0 Å². The Labute approximate surface area is 190 Å². The van der Waals surface area contributed by atoms with E-state index in [1.54, 1.807) is 13.2 Å². The highest BCUT2D eigenvalue weighted by Gasteiger charge is 2.48. The lowest BCUT2D eigenvalue weighted by Gasteiger charge is -2.24. The second-order valence-electron chi connectivity index (χ2n) is 7.89. The van der Waals surface area contributed by atoms with E-state index in [-0.39, 0.29) is 41.9 Å². The highest BCUT2D eigenvalue weighted by atomic mass is 32.2. The lowest BCUT2D eigenvalue weighted by molar-refractivity contribution is -0.117. The molecule has 0 unspecified atom stereocenters. The SMILES string of the molecule is COc1ccccc1CC(=O)N=C1S[C@H]2CS(=O)(=O)C[C@H]2N1Cc1ccc2c(c1)OCO2. The van der Waals surface area contributed by atoms with Gasteiger partial charge in [0.25, 0.3) is 5.91 Å². The molecule has 3 heterocycles. The van der Waals surface area contributed by atoms with Crippen molar-refractivity contribution in [3.63, 3.8) is 0 Å². The molecule has 3 aliphatic heterocycles. The predicted molar refractivity (Wildman–Crippen MR) is 121 cm³/mol. The van der Waals surface area contributed by atoms with E-state index >= 15 is 0 Å². The van der Waals surface area contributed by atoms with Gasteiger partial charge in [0.05, 0.1) is 31.1 Å². The average Bonchev–Trinajstić information content (AvgIpc) is 3.42. The fourth-order valence-electron chi connectivity index (χ4n) is 4.21. The first kappa shape index (κ1) is 21.1. The number of hydrogen-bond acceptors (Lipinski definition) is 7. The van der Waals surface area contributed by atoms with Crippen LogP contribution in [0.1, 0.15) is 11.1 Å². The molecule has 0 radical (unpaired) electrons. The molecule has 2 aromatic rings. The number of amidine groups is 1. The number of ether oxygens (including phenoxy) is 3. The molecule has 2 fully saturated rings. The van der Waals surface area contributed by atoms with E-state index in [0.29, 0.717) is 29.0 Å². The molecule has 2 atom stereocenters. The molecule has 10 heteroatoms. The van der Waals surface area contributed by atoms with Gasteiger partial charge in [0, 0.05) is 17.4 Å². The van der Waals surface area contributed by atoms with Gasteiger partial charge < -0.3 is 19.1 Å². The first-order chi connectivity index (χ1) is 15.4. The number of para-hydroxylation sites is 1. The normalized spacial score (nSPS) is 24.0. The van der Waals surface area contributed by atoms with Crippen molar-refractivity contribution >= 4 is 32.7 Å². The standard InChI is InChI=1S/C22H22N2O6S2/c1-28-17-5-3-2-4-15(17)9-21(25)23-22-24(16-11-32(26,27)12-20(16)31-22)10-14-6-7-18-19(8-14)30-13-29-18/h2-8,16,20H,9-13H2,1H3/t16-,20+/m1/s1. The third-order valence-electron chi connectivity index (χ3n) is 5.72. The number of benzene rings is 2. The van der Waals surface area contributed by atoms with Crippen molar-refractivity contribution in [3.05, 3.63) is 53.6 Å². The monoisotopic (exact) mass is 474 g/mol. The van der Waals surface area contributed by atoms with Crippen LogP contribution in [0.15, 0.2) is 47.5 Å². The van der Waals surface area contributed by atoms with E-state index in [0.717, 1.165) is 11.1 Å². The van der Waals surface area contributed by atoms with Crippen molar-refractivity contribution in [2.45, 2.75) is 24.3 Å². The summed E-state index contributed by atoms with van der Waals surface area (Å²) in [5.41, 5.74) is 1.70. The van der Waals surface area contributed by atoms with Crippen LogP contribution in [-0.4, -0.2) is 61.1 Å². The van der Waals surface area contributed by atoms with E-state index < -0.39 is 9.84 Å². The maximum absolute atomic E-state index is 12.8. The molecule has 0 saturated carbocycles. The molecule has 5 rings (SSSR count). The molecule has 32 heavy (non-hydrogen) atoms. The summed E-state index contributed by atoms with van der Waals surface area (Å²) >= 11 is 1.37. The Balaban J connectivity index is 1.40. The number of hydrogen-bond donors (Lipinski definition) is 0. The molecule has 0 aliphatic carbocycles. The Bertz CT molecular complexity index is 1200. The summed E-state index contributed by atoms with van der Waals surface area (Å²) in [6, 6.07) is 12.8. The number of aliphatic imine (C=N–C) groups is 1. The summed E-state index contributed by atoms with van der Waals surface area (Å²) in [4.78, 5) is 19.1. The molecule has 3 aliphatic rings. The number of fused-ring (bicyclic) bond motifs is 2. The minimum atomic E-state index is -3.11. The summed E-state index contributed by atoms with van der Waals surface area (Å²) in [6.45, 7) is 0.618. The van der Waals surface area contributed by atoms with Crippen LogP contribution in [0.4, 0.5) is 0 Å². The second kappa shape index (κ2) is 8.32. The first-order valence-electron chi connectivity index (χ1n) is 10.2. The van der Waals surface area contributed by atoms with Gasteiger partial charge in [0.15, 0.2) is 26.5 Å². The number of sulfone groups is 1. The topological polar surface area (TPSA) is 94.5 Å². The Morgan fingerprint density at radius 1 is 1.19 bits per heavy atom. The van der Waals surface area contributed by atoms with Gasteiger partial charge in [-0.2, -0.15) is 4.99 Å². The molecule has 0 aromatic heterocycles. The molecule has 8 nitrogen and oxygen atoms in total. The van der Waals surface area contributed by atoms with E-state index in [2.05, 4.69) is 4.99 Å². The van der Waals surface area contributed by atoms with E-state index in [1.165, 1.54) is 11.8 Å². The molecule has 1 amide bonds. The van der Waals surface area contributed by atoms with Crippen LogP contribution in [-0.2, 0) is 27.6 Å². The molecular weight excluding hydrogens is 452 g/mol. The smallest absolute Gasteiger partial charge is 0.252 e. The molecule has 0 N–H and O–H groups in total. The maximum Gasteiger partial charge on any atom is 0.252 e. The number of amides is 1. The Morgan fingerprint density at radius 3 is 2.84 bits per heavy atom. The zero-order valence-electron chi connectivity index (χ0n) is 17.4. The number of thioether (sulfide) groups is 1. The predicted octanol–water partition coefficient (Wildman–Crippen LogP) is 2.26. The van der Waals surface area contributed by atoms with Crippen molar-refractivity contribution < 1.29 is 27.4 Å². The van der Waals surface area contributed by atoms with Crippen molar-refractivity contribution in [1.82, 2.24) is 4.90 Å². The van der Waals surface area contributed by atoms with Crippen molar-refractivity contribution in [2.75, 3.05) is 25.4 Å². The van der Waals surface area contributed by atoms with Gasteiger partial charge in [-0.05, 0) is 23.8 Å². The quantitative estimate of drug-likeness (QED) is 0.652. The molecule has 0 bridgehead atoms. The van der Waals surface area contributed by atoms with Gasteiger partial charge in [0.2, 0.25) is 6.79 Å². The lowest BCUT2D eigenvalue weighted by Crippen LogP contribution is -2.37. The number of carbonyl (C=O) groups is 1. The summed E-state index contributed by atoms with van der Waals surface area (Å²) in [7, 11) is -1.55. The third kappa shape index (κ3) is 4.16. The van der Waals surface area contributed by atoms with Gasteiger partial charge in [0.1, 0.15) is 5.75 Å².